The Morgan fingerprint density at radius 1 is 1.14 bits per heavy atom. The average molecular weight is 515 g/mol. The van der Waals surface area contributed by atoms with Gasteiger partial charge in [-0.25, -0.2) is 9.79 Å². The first-order valence-electron chi connectivity index (χ1n) is 11.9. The maximum absolute atomic E-state index is 13.7. The van der Waals surface area contributed by atoms with Crippen LogP contribution in [0.5, 0.6) is 5.75 Å². The van der Waals surface area contributed by atoms with Crippen molar-refractivity contribution in [2.24, 2.45) is 4.99 Å². The van der Waals surface area contributed by atoms with E-state index in [0.29, 0.717) is 32.1 Å². The molecule has 0 aliphatic carbocycles. The van der Waals surface area contributed by atoms with E-state index in [1.165, 1.54) is 11.3 Å². The Bertz CT molecular complexity index is 1690. The first kappa shape index (κ1) is 24.5. The molecule has 1 aliphatic rings. The molecule has 0 spiro atoms. The number of rotatable bonds is 6. The Labute approximate surface area is 217 Å². The Morgan fingerprint density at radius 2 is 1.92 bits per heavy atom. The van der Waals surface area contributed by atoms with E-state index < -0.39 is 12.0 Å². The number of esters is 1. The summed E-state index contributed by atoms with van der Waals surface area (Å²) in [6.45, 7) is 5.76. The molecule has 0 radical (unpaired) electrons. The van der Waals surface area contributed by atoms with Crippen LogP contribution in [0.4, 0.5) is 0 Å². The quantitative estimate of drug-likeness (QED) is 0.357. The van der Waals surface area contributed by atoms with Gasteiger partial charge in [0.2, 0.25) is 0 Å². The molecule has 0 N–H and O–H groups in total. The van der Waals surface area contributed by atoms with E-state index in [1.807, 2.05) is 55.5 Å². The summed E-state index contributed by atoms with van der Waals surface area (Å²) in [6, 6.07) is 18.4. The van der Waals surface area contributed by atoms with Crippen LogP contribution in [0, 0.1) is 6.92 Å². The second-order valence-corrected chi connectivity index (χ2v) is 9.66. The lowest BCUT2D eigenvalue weighted by atomic mass is 9.96. The van der Waals surface area contributed by atoms with Gasteiger partial charge in [-0.3, -0.25) is 9.36 Å². The number of thiazole rings is 1. The molecule has 4 aromatic rings. The predicted molar refractivity (Wildman–Crippen MR) is 142 cm³/mol. The molecule has 0 bridgehead atoms. The summed E-state index contributed by atoms with van der Waals surface area (Å²) in [7, 11) is 1.59. The molecule has 8 heteroatoms. The van der Waals surface area contributed by atoms with Crippen LogP contribution in [0.2, 0.25) is 0 Å². The van der Waals surface area contributed by atoms with Crippen molar-refractivity contribution in [3.05, 3.63) is 109 Å². The van der Waals surface area contributed by atoms with Gasteiger partial charge in [0.25, 0.3) is 5.56 Å². The summed E-state index contributed by atoms with van der Waals surface area (Å²) in [5.74, 6) is 1.47. The minimum Gasteiger partial charge on any atom is -0.497 e. The molecule has 0 saturated carbocycles. The van der Waals surface area contributed by atoms with Crippen molar-refractivity contribution in [1.29, 1.82) is 0 Å². The molecule has 0 fully saturated rings. The zero-order chi connectivity index (χ0) is 26.1. The van der Waals surface area contributed by atoms with Crippen molar-refractivity contribution < 1.29 is 18.7 Å². The van der Waals surface area contributed by atoms with Crippen LogP contribution in [0.1, 0.15) is 36.8 Å². The summed E-state index contributed by atoms with van der Waals surface area (Å²) >= 11 is 1.26. The molecule has 188 valence electrons. The van der Waals surface area contributed by atoms with Crippen LogP contribution < -0.4 is 19.6 Å². The molecule has 1 aliphatic heterocycles. The molecular weight excluding hydrogens is 488 g/mol. The third-order valence-electron chi connectivity index (χ3n) is 6.15. The van der Waals surface area contributed by atoms with Crippen molar-refractivity contribution in [2.45, 2.75) is 26.8 Å². The highest BCUT2D eigenvalue weighted by Gasteiger charge is 2.33. The molecular formula is C29H26N2O5S. The van der Waals surface area contributed by atoms with Crippen LogP contribution in [0.15, 0.2) is 86.1 Å². The summed E-state index contributed by atoms with van der Waals surface area (Å²) in [4.78, 5) is 31.8. The van der Waals surface area contributed by atoms with Gasteiger partial charge in [0.1, 0.15) is 17.3 Å². The smallest absolute Gasteiger partial charge is 0.338 e. The number of aryl methyl sites for hydroxylation is 1. The number of carbonyl (C=O) groups is 1. The molecule has 2 aromatic carbocycles. The molecule has 5 rings (SSSR count). The lowest BCUT2D eigenvalue weighted by Crippen LogP contribution is -2.39. The predicted octanol–water partition coefficient (Wildman–Crippen LogP) is 4.38. The zero-order valence-electron chi connectivity index (χ0n) is 21.0. The number of fused-ring (bicyclic) bond motifs is 1. The van der Waals surface area contributed by atoms with Crippen LogP contribution in [-0.2, 0) is 9.53 Å². The minimum absolute atomic E-state index is 0.219. The maximum atomic E-state index is 13.7. The molecule has 1 unspecified atom stereocenters. The van der Waals surface area contributed by atoms with Gasteiger partial charge in [0, 0.05) is 11.6 Å². The van der Waals surface area contributed by atoms with Gasteiger partial charge in [-0.2, -0.15) is 0 Å². The topological polar surface area (TPSA) is 83.0 Å². The highest BCUT2D eigenvalue weighted by molar-refractivity contribution is 7.07. The van der Waals surface area contributed by atoms with E-state index in [1.54, 1.807) is 43.7 Å². The number of hydrogen-bond donors (Lipinski definition) is 0. The lowest BCUT2D eigenvalue weighted by molar-refractivity contribution is -0.139. The third-order valence-corrected chi connectivity index (χ3v) is 7.13. The van der Waals surface area contributed by atoms with E-state index in [2.05, 4.69) is 4.99 Å². The van der Waals surface area contributed by atoms with Gasteiger partial charge < -0.3 is 13.9 Å². The first-order valence-corrected chi connectivity index (χ1v) is 12.7. The van der Waals surface area contributed by atoms with Gasteiger partial charge in [0.15, 0.2) is 4.80 Å². The Balaban J connectivity index is 1.63. The second-order valence-electron chi connectivity index (χ2n) is 8.65. The van der Waals surface area contributed by atoms with E-state index in [-0.39, 0.29) is 12.2 Å². The second kappa shape index (κ2) is 10.1. The molecule has 1 atom stereocenters. The fraction of sp³-hybridized carbons (Fsp3) is 0.207. The molecule has 0 saturated heterocycles. The van der Waals surface area contributed by atoms with Crippen molar-refractivity contribution >= 4 is 23.4 Å². The van der Waals surface area contributed by atoms with Crippen molar-refractivity contribution in [3.8, 4) is 17.1 Å². The number of benzene rings is 2. The number of carbonyl (C=O) groups excluding carboxylic acids is 1. The van der Waals surface area contributed by atoms with Gasteiger partial charge in [-0.15, -0.1) is 0 Å². The number of allylic oxidation sites excluding steroid dienone is 1. The maximum Gasteiger partial charge on any atom is 0.338 e. The van der Waals surface area contributed by atoms with Crippen molar-refractivity contribution in [2.75, 3.05) is 13.7 Å². The first-order chi connectivity index (χ1) is 17.9. The Hall–Kier alpha value is -4.17. The van der Waals surface area contributed by atoms with Crippen LogP contribution in [0.3, 0.4) is 0 Å². The fourth-order valence-electron chi connectivity index (χ4n) is 4.41. The highest BCUT2D eigenvalue weighted by atomic mass is 32.1. The summed E-state index contributed by atoms with van der Waals surface area (Å²) in [5, 5.41) is 0. The van der Waals surface area contributed by atoms with Crippen LogP contribution >= 0.6 is 11.3 Å². The van der Waals surface area contributed by atoms with Crippen molar-refractivity contribution in [1.82, 2.24) is 4.57 Å². The van der Waals surface area contributed by atoms with Crippen LogP contribution in [-0.4, -0.2) is 24.3 Å². The SMILES string of the molecule is CCOC(=O)C1=C(C)N=c2sc(=Cc3ccc(-c4cccc(C)c4)o3)c(=O)n2C1c1ccc(OC)cc1. The highest BCUT2D eigenvalue weighted by Crippen LogP contribution is 2.31. The Morgan fingerprint density at radius 3 is 2.62 bits per heavy atom. The van der Waals surface area contributed by atoms with Gasteiger partial charge in [-0.1, -0.05) is 47.2 Å². The number of aromatic nitrogens is 1. The largest absolute Gasteiger partial charge is 0.497 e. The summed E-state index contributed by atoms with van der Waals surface area (Å²) in [5.41, 5.74) is 3.46. The molecule has 2 aromatic heterocycles. The number of furan rings is 1. The van der Waals surface area contributed by atoms with Crippen LogP contribution in [0.25, 0.3) is 17.4 Å². The fourth-order valence-corrected chi connectivity index (χ4v) is 5.43. The molecule has 7 nitrogen and oxygen atoms in total. The van der Waals surface area contributed by atoms with Gasteiger partial charge in [-0.05, 0) is 56.7 Å². The molecule has 37 heavy (non-hydrogen) atoms. The summed E-state index contributed by atoms with van der Waals surface area (Å²) < 4.78 is 18.7. The van der Waals surface area contributed by atoms with E-state index in [4.69, 9.17) is 13.9 Å². The van der Waals surface area contributed by atoms with Gasteiger partial charge in [0.05, 0.1) is 35.6 Å². The lowest BCUT2D eigenvalue weighted by Gasteiger charge is -2.24. The Kier molecular flexibility index (Phi) is 6.67. The van der Waals surface area contributed by atoms with E-state index in [0.717, 1.165) is 22.5 Å². The number of ether oxygens (including phenoxy) is 2. The summed E-state index contributed by atoms with van der Waals surface area (Å²) in [6.07, 6.45) is 1.72. The number of nitrogens with zero attached hydrogens (tertiary/aromatic N) is 2. The minimum atomic E-state index is -0.678. The molecule has 0 amide bonds. The normalized spacial score (nSPS) is 15.4. The van der Waals surface area contributed by atoms with E-state index >= 15 is 0 Å². The molecule has 3 heterocycles. The third kappa shape index (κ3) is 4.68. The number of methoxy groups -OCH3 is 1. The van der Waals surface area contributed by atoms with E-state index in [9.17, 15) is 9.59 Å². The monoisotopic (exact) mass is 514 g/mol. The number of hydrogen-bond acceptors (Lipinski definition) is 7. The van der Waals surface area contributed by atoms with Crippen molar-refractivity contribution in [3.63, 3.8) is 0 Å². The van der Waals surface area contributed by atoms with Gasteiger partial charge >= 0.3 is 5.97 Å². The zero-order valence-corrected chi connectivity index (χ0v) is 21.8. The standard InChI is InChI=1S/C29H26N2O5S/c1-5-35-28(33)25-18(3)30-29-31(26(25)19-9-11-21(34-4)12-10-19)27(32)24(37-29)16-22-13-14-23(36-22)20-8-6-7-17(2)15-20/h6-16,26H,5H2,1-4H3. The average Bonchev–Trinajstić information content (AvgIpc) is 3.48.